The zero-order valence-electron chi connectivity index (χ0n) is 11.5. The number of rotatable bonds is 7. The highest BCUT2D eigenvalue weighted by atomic mass is 16.5. The average Bonchev–Trinajstić information content (AvgIpc) is 2.42. The van der Waals surface area contributed by atoms with E-state index >= 15 is 0 Å². The molecule has 0 fully saturated rings. The minimum atomic E-state index is -0.871. The second kappa shape index (κ2) is 7.98. The molecule has 110 valence electrons. The molecule has 0 saturated carbocycles. The number of pyridine rings is 1. The normalized spacial score (nSPS) is 11.5. The number of carbonyl (C=O) groups excluding carboxylic acids is 1. The highest BCUT2D eigenvalue weighted by Crippen LogP contribution is 2.06. The molecule has 0 aliphatic rings. The van der Waals surface area contributed by atoms with Crippen molar-refractivity contribution in [3.05, 3.63) is 23.9 Å². The van der Waals surface area contributed by atoms with E-state index in [4.69, 9.17) is 9.84 Å². The Hall–Kier alpha value is -2.31. The Kier molecular flexibility index (Phi) is 6.28. The van der Waals surface area contributed by atoms with Gasteiger partial charge in [-0.1, -0.05) is 13.0 Å². The van der Waals surface area contributed by atoms with Crippen molar-refractivity contribution in [1.82, 2.24) is 15.6 Å². The SMILES string of the molecule is COc1ccc(CNC(=O)NCC(C)CC(=O)O)cn1. The van der Waals surface area contributed by atoms with Crippen LogP contribution in [0, 0.1) is 5.92 Å². The van der Waals surface area contributed by atoms with Crippen LogP contribution in [-0.2, 0) is 11.3 Å². The van der Waals surface area contributed by atoms with Gasteiger partial charge in [0, 0.05) is 31.8 Å². The predicted octanol–water partition coefficient (Wildman–Crippen LogP) is 1.00. The third-order valence-electron chi connectivity index (χ3n) is 2.59. The number of aliphatic carboxylic acids is 1. The van der Waals surface area contributed by atoms with Crippen molar-refractivity contribution in [1.29, 1.82) is 0 Å². The van der Waals surface area contributed by atoms with E-state index in [2.05, 4.69) is 15.6 Å². The molecule has 0 spiro atoms. The standard InChI is InChI=1S/C13H19N3O4/c1-9(5-12(17)18)6-15-13(19)16-8-10-3-4-11(20-2)14-7-10/h3-4,7,9H,5-6,8H2,1-2H3,(H,17,18)(H2,15,16,19). The molecule has 1 atom stereocenters. The number of carboxylic acid groups (broad SMARTS) is 1. The molecule has 1 aromatic rings. The van der Waals surface area contributed by atoms with Crippen LogP contribution in [-0.4, -0.2) is 35.7 Å². The fraction of sp³-hybridized carbons (Fsp3) is 0.462. The molecule has 1 aromatic heterocycles. The number of nitrogens with zero attached hydrogens (tertiary/aromatic N) is 1. The molecule has 2 amide bonds. The van der Waals surface area contributed by atoms with E-state index < -0.39 is 5.97 Å². The second-order valence-electron chi connectivity index (χ2n) is 4.48. The number of hydrogen-bond donors (Lipinski definition) is 3. The van der Waals surface area contributed by atoms with Crippen LogP contribution in [0.2, 0.25) is 0 Å². The molecule has 0 aliphatic heterocycles. The number of nitrogens with one attached hydrogen (secondary N) is 2. The Labute approximate surface area is 117 Å². The first-order chi connectivity index (χ1) is 9.51. The maximum Gasteiger partial charge on any atom is 0.315 e. The number of carboxylic acids is 1. The van der Waals surface area contributed by atoms with Crippen LogP contribution < -0.4 is 15.4 Å². The number of aromatic nitrogens is 1. The molecule has 1 unspecified atom stereocenters. The fourth-order valence-corrected chi connectivity index (χ4v) is 1.52. The summed E-state index contributed by atoms with van der Waals surface area (Å²) in [5, 5.41) is 13.9. The molecule has 1 rings (SSSR count). The van der Waals surface area contributed by atoms with Gasteiger partial charge in [0.25, 0.3) is 0 Å². The molecule has 7 nitrogen and oxygen atoms in total. The summed E-state index contributed by atoms with van der Waals surface area (Å²) in [6.45, 7) is 2.43. The van der Waals surface area contributed by atoms with E-state index in [-0.39, 0.29) is 18.4 Å². The lowest BCUT2D eigenvalue weighted by molar-refractivity contribution is -0.137. The van der Waals surface area contributed by atoms with Crippen molar-refractivity contribution in [3.63, 3.8) is 0 Å². The molecular formula is C13H19N3O4. The Morgan fingerprint density at radius 2 is 2.15 bits per heavy atom. The summed E-state index contributed by atoms with van der Waals surface area (Å²) in [5.41, 5.74) is 0.847. The molecule has 3 N–H and O–H groups in total. The highest BCUT2D eigenvalue weighted by molar-refractivity contribution is 5.74. The van der Waals surface area contributed by atoms with Crippen LogP contribution in [0.25, 0.3) is 0 Å². The monoisotopic (exact) mass is 281 g/mol. The van der Waals surface area contributed by atoms with Crippen molar-refractivity contribution in [3.8, 4) is 5.88 Å². The predicted molar refractivity (Wildman–Crippen MR) is 72.4 cm³/mol. The van der Waals surface area contributed by atoms with Gasteiger partial charge in [-0.2, -0.15) is 0 Å². The number of hydrogen-bond acceptors (Lipinski definition) is 4. The van der Waals surface area contributed by atoms with Crippen molar-refractivity contribution in [2.45, 2.75) is 19.9 Å². The summed E-state index contributed by atoms with van der Waals surface area (Å²) in [6.07, 6.45) is 1.65. The first kappa shape index (κ1) is 15.7. The van der Waals surface area contributed by atoms with Crippen LogP contribution in [0.3, 0.4) is 0 Å². The molecule has 0 radical (unpaired) electrons. The van der Waals surface area contributed by atoms with E-state index in [1.165, 1.54) is 7.11 Å². The zero-order chi connectivity index (χ0) is 15.0. The average molecular weight is 281 g/mol. The number of methoxy groups -OCH3 is 1. The summed E-state index contributed by atoms with van der Waals surface area (Å²) >= 11 is 0. The molecule has 20 heavy (non-hydrogen) atoms. The van der Waals surface area contributed by atoms with Crippen molar-refractivity contribution in [2.75, 3.05) is 13.7 Å². The van der Waals surface area contributed by atoms with Crippen LogP contribution in [0.1, 0.15) is 18.9 Å². The van der Waals surface area contributed by atoms with Crippen LogP contribution >= 0.6 is 0 Å². The lowest BCUT2D eigenvalue weighted by Gasteiger charge is -2.11. The third kappa shape index (κ3) is 6.03. The van der Waals surface area contributed by atoms with Crippen LogP contribution in [0.4, 0.5) is 4.79 Å². The number of urea groups is 1. The smallest absolute Gasteiger partial charge is 0.315 e. The first-order valence-corrected chi connectivity index (χ1v) is 6.23. The van der Waals surface area contributed by atoms with E-state index in [1.807, 2.05) is 0 Å². The topological polar surface area (TPSA) is 101 Å². The van der Waals surface area contributed by atoms with E-state index in [0.717, 1.165) is 5.56 Å². The van der Waals surface area contributed by atoms with Gasteiger partial charge in [-0.25, -0.2) is 9.78 Å². The van der Waals surface area contributed by atoms with E-state index in [1.54, 1.807) is 25.3 Å². The quantitative estimate of drug-likeness (QED) is 0.692. The Morgan fingerprint density at radius 1 is 1.40 bits per heavy atom. The van der Waals surface area contributed by atoms with Crippen LogP contribution in [0.15, 0.2) is 18.3 Å². The fourth-order valence-electron chi connectivity index (χ4n) is 1.52. The molecule has 1 heterocycles. The molecule has 0 aliphatic carbocycles. The Balaban J connectivity index is 2.26. The number of amides is 2. The molecular weight excluding hydrogens is 262 g/mol. The van der Waals surface area contributed by atoms with Gasteiger partial charge >= 0.3 is 12.0 Å². The van der Waals surface area contributed by atoms with Crippen LogP contribution in [0.5, 0.6) is 5.88 Å². The van der Waals surface area contributed by atoms with Gasteiger partial charge in [-0.15, -0.1) is 0 Å². The zero-order valence-corrected chi connectivity index (χ0v) is 11.5. The molecule has 0 saturated heterocycles. The molecule has 7 heteroatoms. The van der Waals surface area contributed by atoms with Crippen molar-refractivity contribution in [2.24, 2.45) is 5.92 Å². The van der Waals surface area contributed by atoms with Gasteiger partial charge in [0.2, 0.25) is 5.88 Å². The number of ether oxygens (including phenoxy) is 1. The lowest BCUT2D eigenvalue weighted by Crippen LogP contribution is -2.37. The number of carbonyl (C=O) groups is 2. The Morgan fingerprint density at radius 3 is 2.70 bits per heavy atom. The van der Waals surface area contributed by atoms with E-state index in [0.29, 0.717) is 19.0 Å². The maximum absolute atomic E-state index is 11.5. The van der Waals surface area contributed by atoms with Gasteiger partial charge in [-0.3, -0.25) is 4.79 Å². The first-order valence-electron chi connectivity index (χ1n) is 6.23. The van der Waals surface area contributed by atoms with Gasteiger partial charge < -0.3 is 20.5 Å². The minimum Gasteiger partial charge on any atom is -0.481 e. The lowest BCUT2D eigenvalue weighted by atomic mass is 10.1. The maximum atomic E-state index is 11.5. The van der Waals surface area contributed by atoms with Gasteiger partial charge in [-0.05, 0) is 11.5 Å². The largest absolute Gasteiger partial charge is 0.481 e. The summed E-state index contributed by atoms with van der Waals surface area (Å²) in [6, 6.07) is 3.18. The van der Waals surface area contributed by atoms with E-state index in [9.17, 15) is 9.59 Å². The summed E-state index contributed by atoms with van der Waals surface area (Å²) in [7, 11) is 1.53. The van der Waals surface area contributed by atoms with Gasteiger partial charge in [0.15, 0.2) is 0 Å². The highest BCUT2D eigenvalue weighted by Gasteiger charge is 2.09. The summed E-state index contributed by atoms with van der Waals surface area (Å²) in [4.78, 5) is 26.0. The van der Waals surface area contributed by atoms with Crippen molar-refractivity contribution >= 4 is 12.0 Å². The van der Waals surface area contributed by atoms with Crippen molar-refractivity contribution < 1.29 is 19.4 Å². The second-order valence-corrected chi connectivity index (χ2v) is 4.48. The van der Waals surface area contributed by atoms with Gasteiger partial charge in [0.1, 0.15) is 0 Å². The van der Waals surface area contributed by atoms with Gasteiger partial charge in [0.05, 0.1) is 7.11 Å². The summed E-state index contributed by atoms with van der Waals surface area (Å²) < 4.78 is 4.93. The molecule has 0 aromatic carbocycles. The molecule has 0 bridgehead atoms. The third-order valence-corrected chi connectivity index (χ3v) is 2.59. The Bertz CT molecular complexity index is 447. The minimum absolute atomic E-state index is 0.0304. The summed E-state index contributed by atoms with van der Waals surface area (Å²) in [5.74, 6) is -0.467.